The molecule has 2 aromatic heterocycles. The fourth-order valence-corrected chi connectivity index (χ4v) is 4.65. The second-order valence-corrected chi connectivity index (χ2v) is 7.88. The number of aromatic nitrogens is 3. The molecule has 0 unspecified atom stereocenters. The molecule has 0 atom stereocenters. The maximum Gasteiger partial charge on any atom is 0.354 e. The molecule has 0 radical (unpaired) electrons. The number of rotatable bonds is 4. The summed E-state index contributed by atoms with van der Waals surface area (Å²) < 4.78 is 33.8. The summed E-state index contributed by atoms with van der Waals surface area (Å²) in [5.74, 6) is 0.0245. The van der Waals surface area contributed by atoms with Crippen LogP contribution in [0.2, 0.25) is 0 Å². The molecular formula is C16H21N5O4S. The number of carbonyl (C=O) groups is 1. The molecule has 3 heterocycles. The predicted molar refractivity (Wildman–Crippen MR) is 94.5 cm³/mol. The molecule has 140 valence electrons. The van der Waals surface area contributed by atoms with Crippen LogP contribution in [0.25, 0.3) is 0 Å². The number of hydrogen-bond donors (Lipinski definition) is 0. The topological polar surface area (TPSA) is 97.6 Å². The van der Waals surface area contributed by atoms with Gasteiger partial charge in [-0.15, -0.1) is 0 Å². The molecule has 2 aromatic rings. The summed E-state index contributed by atoms with van der Waals surface area (Å²) in [4.78, 5) is 22.3. The van der Waals surface area contributed by atoms with Gasteiger partial charge in [-0.25, -0.2) is 23.2 Å². The molecular weight excluding hydrogens is 358 g/mol. The van der Waals surface area contributed by atoms with Crippen LogP contribution in [-0.4, -0.2) is 66.5 Å². The van der Waals surface area contributed by atoms with Crippen molar-refractivity contribution in [2.24, 2.45) is 7.05 Å². The minimum absolute atomic E-state index is 0.129. The Bertz CT molecular complexity index is 902. The van der Waals surface area contributed by atoms with Gasteiger partial charge in [0.15, 0.2) is 0 Å². The molecule has 0 aliphatic carbocycles. The van der Waals surface area contributed by atoms with E-state index in [0.717, 1.165) is 0 Å². The Morgan fingerprint density at radius 1 is 1.15 bits per heavy atom. The molecule has 0 spiro atoms. The van der Waals surface area contributed by atoms with Crippen LogP contribution in [0.15, 0.2) is 29.4 Å². The summed E-state index contributed by atoms with van der Waals surface area (Å²) >= 11 is 0. The normalized spacial score (nSPS) is 15.9. The molecule has 1 fully saturated rings. The van der Waals surface area contributed by atoms with Crippen LogP contribution in [0.3, 0.4) is 0 Å². The van der Waals surface area contributed by atoms with Crippen LogP contribution in [0.5, 0.6) is 0 Å². The number of ether oxygens (including phenoxy) is 1. The van der Waals surface area contributed by atoms with Gasteiger partial charge in [0.1, 0.15) is 10.6 Å². The van der Waals surface area contributed by atoms with E-state index in [1.165, 1.54) is 22.0 Å². The molecule has 0 bridgehead atoms. The van der Waals surface area contributed by atoms with Crippen molar-refractivity contribution in [2.45, 2.75) is 11.8 Å². The fourth-order valence-electron chi connectivity index (χ4n) is 2.96. The highest BCUT2D eigenvalue weighted by Crippen LogP contribution is 2.25. The first-order valence-electron chi connectivity index (χ1n) is 8.13. The van der Waals surface area contributed by atoms with E-state index < -0.39 is 16.0 Å². The molecule has 10 heteroatoms. The first-order chi connectivity index (χ1) is 12.4. The summed E-state index contributed by atoms with van der Waals surface area (Å²) in [5, 5.41) is 0. The first kappa shape index (κ1) is 18.3. The van der Waals surface area contributed by atoms with Crippen LogP contribution < -0.4 is 4.90 Å². The summed E-state index contributed by atoms with van der Waals surface area (Å²) in [6.45, 7) is 3.32. The van der Waals surface area contributed by atoms with E-state index in [4.69, 9.17) is 4.74 Å². The third-order valence-corrected chi connectivity index (χ3v) is 6.59. The highest BCUT2D eigenvalue weighted by molar-refractivity contribution is 7.89. The lowest BCUT2D eigenvalue weighted by molar-refractivity contribution is 0.0589. The molecule has 9 nitrogen and oxygen atoms in total. The lowest BCUT2D eigenvalue weighted by Crippen LogP contribution is -2.49. The zero-order chi connectivity index (χ0) is 18.9. The average Bonchev–Trinajstić information content (AvgIpc) is 2.98. The largest absolute Gasteiger partial charge is 0.464 e. The summed E-state index contributed by atoms with van der Waals surface area (Å²) in [7, 11) is -0.793. The van der Waals surface area contributed by atoms with Crippen molar-refractivity contribution >= 4 is 21.9 Å². The number of hydrogen-bond acceptors (Lipinski definition) is 7. The van der Waals surface area contributed by atoms with E-state index in [0.29, 0.717) is 37.8 Å². The van der Waals surface area contributed by atoms with E-state index in [-0.39, 0.29) is 10.6 Å². The molecule has 1 saturated heterocycles. The first-order valence-corrected chi connectivity index (χ1v) is 9.57. The van der Waals surface area contributed by atoms with Gasteiger partial charge in [0.2, 0.25) is 16.0 Å². The summed E-state index contributed by atoms with van der Waals surface area (Å²) in [6, 6.07) is 3.12. The second kappa shape index (κ2) is 7.04. The van der Waals surface area contributed by atoms with E-state index >= 15 is 0 Å². The smallest absolute Gasteiger partial charge is 0.354 e. The van der Waals surface area contributed by atoms with Crippen molar-refractivity contribution in [3.05, 3.63) is 35.9 Å². The fraction of sp³-hybridized carbons (Fsp3) is 0.438. The molecule has 0 amide bonds. The van der Waals surface area contributed by atoms with Gasteiger partial charge in [0, 0.05) is 51.3 Å². The van der Waals surface area contributed by atoms with Crippen LogP contribution in [-0.2, 0) is 21.8 Å². The Kier molecular flexibility index (Phi) is 4.97. The number of sulfonamides is 1. The molecule has 0 aromatic carbocycles. The van der Waals surface area contributed by atoms with Gasteiger partial charge in [0.05, 0.1) is 7.11 Å². The van der Waals surface area contributed by atoms with Gasteiger partial charge in [-0.2, -0.15) is 4.31 Å². The van der Waals surface area contributed by atoms with Gasteiger partial charge in [-0.1, -0.05) is 0 Å². The van der Waals surface area contributed by atoms with Gasteiger partial charge in [0.25, 0.3) is 0 Å². The Morgan fingerprint density at radius 3 is 2.35 bits per heavy atom. The van der Waals surface area contributed by atoms with Crippen LogP contribution in [0.4, 0.5) is 5.95 Å². The zero-order valence-electron chi connectivity index (χ0n) is 14.9. The molecule has 0 saturated carbocycles. The Hall–Kier alpha value is -2.46. The molecule has 26 heavy (non-hydrogen) atoms. The third kappa shape index (κ3) is 3.17. The Labute approximate surface area is 152 Å². The Balaban J connectivity index is 1.81. The number of esters is 1. The van der Waals surface area contributed by atoms with Crippen molar-refractivity contribution in [3.8, 4) is 0 Å². The highest BCUT2D eigenvalue weighted by Gasteiger charge is 2.33. The van der Waals surface area contributed by atoms with E-state index in [9.17, 15) is 13.2 Å². The number of piperazine rings is 1. The SMILES string of the molecule is COC(=O)c1cc(S(=O)(=O)N2CCN(c3ncccn3)CC2)c(C)n1C. The maximum absolute atomic E-state index is 13.0. The van der Waals surface area contributed by atoms with Crippen LogP contribution >= 0.6 is 0 Å². The monoisotopic (exact) mass is 379 g/mol. The van der Waals surface area contributed by atoms with Gasteiger partial charge < -0.3 is 14.2 Å². The van der Waals surface area contributed by atoms with Gasteiger partial charge in [-0.05, 0) is 19.1 Å². The van der Waals surface area contributed by atoms with Crippen LogP contribution in [0.1, 0.15) is 16.2 Å². The number of methoxy groups -OCH3 is 1. The lowest BCUT2D eigenvalue weighted by atomic mass is 10.4. The molecule has 1 aliphatic rings. The number of carbonyl (C=O) groups excluding carboxylic acids is 1. The van der Waals surface area contributed by atoms with Crippen molar-refractivity contribution in [2.75, 3.05) is 38.2 Å². The predicted octanol–water partition coefficient (Wildman–Crippen LogP) is 0.421. The quantitative estimate of drug-likeness (QED) is 0.710. The third-order valence-electron chi connectivity index (χ3n) is 4.57. The average molecular weight is 379 g/mol. The lowest BCUT2D eigenvalue weighted by Gasteiger charge is -2.33. The zero-order valence-corrected chi connectivity index (χ0v) is 15.7. The van der Waals surface area contributed by atoms with Crippen molar-refractivity contribution in [1.82, 2.24) is 18.8 Å². The summed E-state index contributed by atoms with van der Waals surface area (Å²) in [6.07, 6.45) is 3.32. The molecule has 0 N–H and O–H groups in total. The van der Waals surface area contributed by atoms with Crippen molar-refractivity contribution in [1.29, 1.82) is 0 Å². The molecule has 1 aliphatic heterocycles. The Morgan fingerprint density at radius 2 is 1.77 bits per heavy atom. The number of anilines is 1. The molecule has 3 rings (SSSR count). The van der Waals surface area contributed by atoms with E-state index in [2.05, 4.69) is 9.97 Å². The van der Waals surface area contributed by atoms with Gasteiger partial charge in [-0.3, -0.25) is 0 Å². The standard InChI is InChI=1S/C16H21N5O4S/c1-12-14(11-13(19(12)2)15(22)25-3)26(23,24)21-9-7-20(8-10-21)16-17-5-4-6-18-16/h4-6,11H,7-10H2,1-3H3. The van der Waals surface area contributed by atoms with Crippen molar-refractivity contribution < 1.29 is 17.9 Å². The van der Waals surface area contributed by atoms with E-state index in [1.807, 2.05) is 4.90 Å². The number of nitrogens with zero attached hydrogens (tertiary/aromatic N) is 5. The van der Waals surface area contributed by atoms with E-state index in [1.54, 1.807) is 32.4 Å². The minimum atomic E-state index is -3.70. The highest BCUT2D eigenvalue weighted by atomic mass is 32.2. The van der Waals surface area contributed by atoms with Gasteiger partial charge >= 0.3 is 5.97 Å². The maximum atomic E-state index is 13.0. The minimum Gasteiger partial charge on any atom is -0.464 e. The second-order valence-electron chi connectivity index (χ2n) is 5.97. The van der Waals surface area contributed by atoms with Crippen molar-refractivity contribution in [3.63, 3.8) is 0 Å². The van der Waals surface area contributed by atoms with Crippen LogP contribution in [0, 0.1) is 6.92 Å². The summed E-state index contributed by atoms with van der Waals surface area (Å²) in [5.41, 5.74) is 0.708.